The van der Waals surface area contributed by atoms with E-state index in [9.17, 15) is 4.79 Å². The second-order valence-corrected chi connectivity index (χ2v) is 7.70. The molecule has 0 spiro atoms. The third-order valence-electron chi connectivity index (χ3n) is 5.70. The average molecular weight is 381 g/mol. The molecule has 3 atom stereocenters. The normalized spacial score (nSPS) is 23.9. The van der Waals surface area contributed by atoms with Gasteiger partial charge in [-0.15, -0.1) is 0 Å². The smallest absolute Gasteiger partial charge is 0.220 e. The van der Waals surface area contributed by atoms with Crippen molar-refractivity contribution in [2.75, 3.05) is 37.0 Å². The van der Waals surface area contributed by atoms with Crippen LogP contribution in [0.25, 0.3) is 0 Å². The van der Waals surface area contributed by atoms with Gasteiger partial charge in [-0.1, -0.05) is 6.07 Å². The quantitative estimate of drug-likeness (QED) is 0.881. The molecule has 0 aromatic carbocycles. The predicted octanol–water partition coefficient (Wildman–Crippen LogP) is 2.49. The first-order valence-electron chi connectivity index (χ1n) is 9.76. The third-order valence-corrected chi connectivity index (χ3v) is 5.70. The lowest BCUT2D eigenvalue weighted by molar-refractivity contribution is -0.133. The number of ether oxygens (including phenoxy) is 1. The van der Waals surface area contributed by atoms with Crippen molar-refractivity contribution in [1.29, 1.82) is 0 Å². The van der Waals surface area contributed by atoms with E-state index in [0.29, 0.717) is 0 Å². The van der Waals surface area contributed by atoms with Gasteiger partial charge in [-0.05, 0) is 32.0 Å². The monoisotopic (exact) mass is 381 g/mol. The van der Waals surface area contributed by atoms with E-state index < -0.39 is 0 Å². The molecular formula is C21H27N5O2. The minimum absolute atomic E-state index is 0.136. The highest BCUT2D eigenvalue weighted by Crippen LogP contribution is 2.36. The maximum atomic E-state index is 11.9. The van der Waals surface area contributed by atoms with Crippen molar-refractivity contribution in [2.24, 2.45) is 0 Å². The van der Waals surface area contributed by atoms with Crippen molar-refractivity contribution >= 4 is 17.5 Å². The van der Waals surface area contributed by atoms with Crippen LogP contribution in [0.4, 0.5) is 11.6 Å². The number of aromatic nitrogens is 2. The second-order valence-electron chi connectivity index (χ2n) is 7.70. The summed E-state index contributed by atoms with van der Waals surface area (Å²) >= 11 is 0. The van der Waals surface area contributed by atoms with Crippen LogP contribution in [0.3, 0.4) is 0 Å². The molecule has 0 saturated carbocycles. The second kappa shape index (κ2) is 7.30. The number of fused-ring (bicyclic) bond motifs is 1. The fourth-order valence-electron chi connectivity index (χ4n) is 4.50. The van der Waals surface area contributed by atoms with Crippen molar-refractivity contribution in [1.82, 2.24) is 14.9 Å². The van der Waals surface area contributed by atoms with Crippen LogP contribution in [0.5, 0.6) is 5.75 Å². The zero-order chi connectivity index (χ0) is 19.8. The number of carbonyl (C=O) groups is 1. The lowest BCUT2D eigenvalue weighted by Gasteiger charge is -2.44. The number of rotatable bonds is 3. The number of amides is 1. The summed E-state index contributed by atoms with van der Waals surface area (Å²) in [6.45, 7) is 8.20. The Balaban J connectivity index is 1.60. The molecule has 1 N–H and O–H groups in total. The van der Waals surface area contributed by atoms with E-state index in [1.54, 1.807) is 20.2 Å². The SMILES string of the molecule is COc1cnc2c(c1)C(c1cccc(N3C[C@@H](C)N(C(C)=O)[C@@H](C)C3)n1)CN2. The van der Waals surface area contributed by atoms with E-state index in [2.05, 4.69) is 47.2 Å². The van der Waals surface area contributed by atoms with Gasteiger partial charge in [-0.25, -0.2) is 9.97 Å². The predicted molar refractivity (Wildman–Crippen MR) is 109 cm³/mol. The zero-order valence-electron chi connectivity index (χ0n) is 16.8. The van der Waals surface area contributed by atoms with Gasteiger partial charge in [0.05, 0.1) is 19.0 Å². The van der Waals surface area contributed by atoms with Crippen molar-refractivity contribution in [3.63, 3.8) is 0 Å². The van der Waals surface area contributed by atoms with E-state index in [4.69, 9.17) is 9.72 Å². The number of carbonyl (C=O) groups excluding carboxylic acids is 1. The van der Waals surface area contributed by atoms with Gasteiger partial charge in [0.15, 0.2) is 0 Å². The van der Waals surface area contributed by atoms with Crippen LogP contribution in [0.1, 0.15) is 37.9 Å². The van der Waals surface area contributed by atoms with Gasteiger partial charge >= 0.3 is 0 Å². The summed E-state index contributed by atoms with van der Waals surface area (Å²) in [5, 5.41) is 3.37. The third kappa shape index (κ3) is 3.25. The minimum atomic E-state index is 0.136. The van der Waals surface area contributed by atoms with Gasteiger partial charge < -0.3 is 19.9 Å². The Morgan fingerprint density at radius 2 is 2.00 bits per heavy atom. The summed E-state index contributed by atoms with van der Waals surface area (Å²) in [5.74, 6) is 2.90. The molecule has 0 radical (unpaired) electrons. The summed E-state index contributed by atoms with van der Waals surface area (Å²) in [7, 11) is 1.66. The Hall–Kier alpha value is -2.83. The first-order chi connectivity index (χ1) is 13.5. The molecule has 148 valence electrons. The molecule has 7 heteroatoms. The van der Waals surface area contributed by atoms with Crippen molar-refractivity contribution in [3.05, 3.63) is 41.7 Å². The topological polar surface area (TPSA) is 70.6 Å². The number of pyridine rings is 2. The number of nitrogens with one attached hydrogen (secondary N) is 1. The first-order valence-corrected chi connectivity index (χ1v) is 9.76. The first kappa shape index (κ1) is 18.5. The summed E-state index contributed by atoms with van der Waals surface area (Å²) in [5.41, 5.74) is 2.14. The van der Waals surface area contributed by atoms with Gasteiger partial charge in [0, 0.05) is 50.1 Å². The molecule has 1 saturated heterocycles. The molecule has 2 aromatic rings. The minimum Gasteiger partial charge on any atom is -0.495 e. The molecule has 4 heterocycles. The molecule has 0 bridgehead atoms. The van der Waals surface area contributed by atoms with E-state index in [-0.39, 0.29) is 23.9 Å². The van der Waals surface area contributed by atoms with Gasteiger partial charge in [0.2, 0.25) is 5.91 Å². The molecule has 1 fully saturated rings. The Labute approximate surface area is 165 Å². The van der Waals surface area contributed by atoms with E-state index in [1.165, 1.54) is 0 Å². The van der Waals surface area contributed by atoms with Gasteiger partial charge in [0.1, 0.15) is 17.4 Å². The number of piperazine rings is 1. The highest BCUT2D eigenvalue weighted by atomic mass is 16.5. The van der Waals surface area contributed by atoms with Crippen LogP contribution in [-0.4, -0.2) is 59.6 Å². The fourth-order valence-corrected chi connectivity index (χ4v) is 4.50. The lowest BCUT2D eigenvalue weighted by Crippen LogP contribution is -2.58. The van der Waals surface area contributed by atoms with Crippen LogP contribution >= 0.6 is 0 Å². The van der Waals surface area contributed by atoms with E-state index in [0.717, 1.165) is 48.3 Å². The summed E-state index contributed by atoms with van der Waals surface area (Å²) in [4.78, 5) is 25.6. The largest absolute Gasteiger partial charge is 0.495 e. The molecule has 2 aromatic heterocycles. The highest BCUT2D eigenvalue weighted by Gasteiger charge is 2.32. The van der Waals surface area contributed by atoms with Gasteiger partial charge in [-0.3, -0.25) is 4.79 Å². The number of hydrogen-bond donors (Lipinski definition) is 1. The molecule has 7 nitrogen and oxygen atoms in total. The number of anilines is 2. The number of nitrogens with zero attached hydrogens (tertiary/aromatic N) is 4. The van der Waals surface area contributed by atoms with Crippen molar-refractivity contribution in [3.8, 4) is 5.75 Å². The van der Waals surface area contributed by atoms with Crippen LogP contribution in [-0.2, 0) is 4.79 Å². The van der Waals surface area contributed by atoms with Gasteiger partial charge in [0.25, 0.3) is 0 Å². The highest BCUT2D eigenvalue weighted by molar-refractivity contribution is 5.74. The summed E-state index contributed by atoms with van der Waals surface area (Å²) in [6.07, 6.45) is 1.73. The van der Waals surface area contributed by atoms with Crippen LogP contribution in [0.15, 0.2) is 30.5 Å². The number of hydrogen-bond acceptors (Lipinski definition) is 6. The Kier molecular flexibility index (Phi) is 4.83. The van der Waals surface area contributed by atoms with Crippen LogP contribution in [0, 0.1) is 0 Å². The molecule has 1 unspecified atom stereocenters. The maximum absolute atomic E-state index is 11.9. The van der Waals surface area contributed by atoms with Crippen LogP contribution in [0.2, 0.25) is 0 Å². The summed E-state index contributed by atoms with van der Waals surface area (Å²) in [6, 6.07) is 8.55. The Morgan fingerprint density at radius 3 is 2.68 bits per heavy atom. The standard InChI is InChI=1S/C21H27N5O2/c1-13-11-25(12-14(2)26(13)15(3)27)20-7-5-6-19(24-20)18-10-23-21-17(18)8-16(28-4)9-22-21/h5-9,13-14,18H,10-12H2,1-4H3,(H,22,23)/t13-,14+,18?. The summed E-state index contributed by atoms with van der Waals surface area (Å²) < 4.78 is 5.34. The Morgan fingerprint density at radius 1 is 1.25 bits per heavy atom. The molecule has 1 amide bonds. The molecule has 2 aliphatic heterocycles. The zero-order valence-corrected chi connectivity index (χ0v) is 16.8. The van der Waals surface area contributed by atoms with Crippen molar-refractivity contribution in [2.45, 2.75) is 38.8 Å². The molecule has 0 aliphatic carbocycles. The molecule has 2 aliphatic rings. The van der Waals surface area contributed by atoms with E-state index >= 15 is 0 Å². The fraction of sp³-hybridized carbons (Fsp3) is 0.476. The maximum Gasteiger partial charge on any atom is 0.220 e. The van der Waals surface area contributed by atoms with Crippen molar-refractivity contribution < 1.29 is 9.53 Å². The molecule has 28 heavy (non-hydrogen) atoms. The van der Waals surface area contributed by atoms with Crippen LogP contribution < -0.4 is 15.0 Å². The number of methoxy groups -OCH3 is 1. The molecular weight excluding hydrogens is 354 g/mol. The molecule has 4 rings (SSSR count). The lowest BCUT2D eigenvalue weighted by atomic mass is 9.98. The van der Waals surface area contributed by atoms with Gasteiger partial charge in [-0.2, -0.15) is 0 Å². The van der Waals surface area contributed by atoms with E-state index in [1.807, 2.05) is 11.0 Å². The average Bonchev–Trinajstić information content (AvgIpc) is 3.10. The Bertz CT molecular complexity index is 875.